The number of thiazole rings is 1. The lowest BCUT2D eigenvalue weighted by Gasteiger charge is -2.24. The number of esters is 1. The molecule has 1 aliphatic heterocycles. The van der Waals surface area contributed by atoms with Crippen LogP contribution in [0.5, 0.6) is 0 Å². The Morgan fingerprint density at radius 2 is 2.20 bits per heavy atom. The molecule has 1 aromatic carbocycles. The first-order valence-corrected chi connectivity index (χ1v) is 9.17. The van der Waals surface area contributed by atoms with Crippen molar-refractivity contribution in [3.63, 3.8) is 0 Å². The average molecular weight is 359 g/mol. The van der Waals surface area contributed by atoms with E-state index in [1.165, 1.54) is 11.3 Å². The number of carbonyl (C=O) groups excluding carboxylic acids is 2. The van der Waals surface area contributed by atoms with Gasteiger partial charge in [0.1, 0.15) is 6.04 Å². The fraction of sp³-hybridized carbons (Fsp3) is 0.389. The van der Waals surface area contributed by atoms with Crippen molar-refractivity contribution in [3.05, 3.63) is 41.4 Å². The molecule has 1 aliphatic rings. The molecule has 25 heavy (non-hydrogen) atoms. The lowest BCUT2D eigenvalue weighted by Crippen LogP contribution is -2.40. The topological polar surface area (TPSA) is 71.5 Å². The van der Waals surface area contributed by atoms with Crippen LogP contribution in [0.15, 0.2) is 35.8 Å². The largest absolute Gasteiger partial charge is 0.451 e. The second kappa shape index (κ2) is 7.65. The van der Waals surface area contributed by atoms with Crippen LogP contribution in [0.3, 0.4) is 0 Å². The highest BCUT2D eigenvalue weighted by Crippen LogP contribution is 2.28. The maximum atomic E-state index is 12.5. The third-order valence-electron chi connectivity index (χ3n) is 4.25. The second-order valence-corrected chi connectivity index (χ2v) is 6.92. The molecule has 0 spiro atoms. The van der Waals surface area contributed by atoms with Gasteiger partial charge in [-0.1, -0.05) is 18.2 Å². The predicted octanol–water partition coefficient (Wildman–Crippen LogP) is 2.99. The molecular weight excluding hydrogens is 338 g/mol. The van der Waals surface area contributed by atoms with Crippen LogP contribution in [0.25, 0.3) is 0 Å². The minimum absolute atomic E-state index is 0.332. The molecule has 7 heteroatoms. The Morgan fingerprint density at radius 3 is 2.92 bits per heavy atom. The van der Waals surface area contributed by atoms with Crippen molar-refractivity contribution >= 4 is 34.0 Å². The summed E-state index contributed by atoms with van der Waals surface area (Å²) in [5, 5.41) is 5.50. The zero-order chi connectivity index (χ0) is 17.8. The van der Waals surface area contributed by atoms with Crippen molar-refractivity contribution in [1.82, 2.24) is 4.98 Å². The Hall–Kier alpha value is -2.41. The molecular formula is C18H21N3O3S. The van der Waals surface area contributed by atoms with Crippen molar-refractivity contribution in [2.24, 2.45) is 0 Å². The van der Waals surface area contributed by atoms with Gasteiger partial charge >= 0.3 is 5.97 Å². The van der Waals surface area contributed by atoms with Gasteiger partial charge in [-0.2, -0.15) is 0 Å². The van der Waals surface area contributed by atoms with Gasteiger partial charge in [0.05, 0.1) is 0 Å². The summed E-state index contributed by atoms with van der Waals surface area (Å²) in [6.07, 6.45) is 2.48. The molecule has 6 nitrogen and oxygen atoms in total. The van der Waals surface area contributed by atoms with Gasteiger partial charge in [-0.3, -0.25) is 4.79 Å². The number of amides is 1. The number of rotatable bonds is 5. The Kier molecular flexibility index (Phi) is 5.33. The first-order valence-electron chi connectivity index (χ1n) is 8.29. The average Bonchev–Trinajstić information content (AvgIpc) is 3.27. The summed E-state index contributed by atoms with van der Waals surface area (Å²) < 4.78 is 5.42. The normalized spacial score (nSPS) is 18.0. The van der Waals surface area contributed by atoms with Crippen molar-refractivity contribution in [2.45, 2.75) is 38.8 Å². The minimum atomic E-state index is -0.856. The molecule has 2 atom stereocenters. The zero-order valence-corrected chi connectivity index (χ0v) is 15.1. The third kappa shape index (κ3) is 3.99. The number of nitrogens with zero attached hydrogens (tertiary/aromatic N) is 2. The second-order valence-electron chi connectivity index (χ2n) is 6.05. The number of hydrogen-bond donors (Lipinski definition) is 1. The standard InChI is InChI=1S/C18H21N3O3S/c1-12-6-3-4-7-14(12)20-16(22)13(2)24-17(23)15-8-5-10-21(15)18-19-9-11-25-18/h3-4,6-7,9,11,13,15H,5,8,10H2,1-2H3,(H,20,22)/t13-,15-/m1/s1. The Morgan fingerprint density at radius 1 is 1.40 bits per heavy atom. The highest BCUT2D eigenvalue weighted by Gasteiger charge is 2.35. The van der Waals surface area contributed by atoms with Gasteiger partial charge in [0.15, 0.2) is 11.2 Å². The first-order chi connectivity index (χ1) is 12.1. The van der Waals surface area contributed by atoms with Crippen LogP contribution in [0.1, 0.15) is 25.3 Å². The molecule has 1 aromatic heterocycles. The zero-order valence-electron chi connectivity index (χ0n) is 14.3. The Labute approximate surface area is 150 Å². The molecule has 0 unspecified atom stereocenters. The summed E-state index contributed by atoms with van der Waals surface area (Å²) in [5.74, 6) is -0.707. The van der Waals surface area contributed by atoms with Gasteiger partial charge in [0.2, 0.25) is 0 Å². The van der Waals surface area contributed by atoms with Gasteiger partial charge in [-0.15, -0.1) is 11.3 Å². The van der Waals surface area contributed by atoms with E-state index in [2.05, 4.69) is 10.3 Å². The SMILES string of the molecule is Cc1ccccc1NC(=O)[C@@H](C)OC(=O)[C@H]1CCCN1c1nccs1. The van der Waals surface area contributed by atoms with Crippen LogP contribution in [-0.4, -0.2) is 35.6 Å². The molecule has 0 saturated carbocycles. The minimum Gasteiger partial charge on any atom is -0.451 e. The summed E-state index contributed by atoms with van der Waals surface area (Å²) in [4.78, 5) is 31.1. The predicted molar refractivity (Wildman–Crippen MR) is 97.8 cm³/mol. The van der Waals surface area contributed by atoms with Crippen molar-refractivity contribution in [1.29, 1.82) is 0 Å². The quantitative estimate of drug-likeness (QED) is 0.831. The van der Waals surface area contributed by atoms with Crippen LogP contribution in [0, 0.1) is 6.92 Å². The molecule has 0 radical (unpaired) electrons. The fourth-order valence-electron chi connectivity index (χ4n) is 2.85. The number of aromatic nitrogens is 1. The summed E-state index contributed by atoms with van der Waals surface area (Å²) in [5.41, 5.74) is 1.68. The maximum absolute atomic E-state index is 12.5. The number of aryl methyl sites for hydroxylation is 1. The van der Waals surface area contributed by atoms with Gasteiger partial charge in [0, 0.05) is 23.8 Å². The van der Waals surface area contributed by atoms with E-state index in [4.69, 9.17) is 4.74 Å². The van der Waals surface area contributed by atoms with Gasteiger partial charge in [-0.05, 0) is 38.3 Å². The van der Waals surface area contributed by atoms with E-state index in [0.717, 1.165) is 29.3 Å². The number of anilines is 2. The summed E-state index contributed by atoms with van der Waals surface area (Å²) in [7, 11) is 0. The highest BCUT2D eigenvalue weighted by atomic mass is 32.1. The highest BCUT2D eigenvalue weighted by molar-refractivity contribution is 7.13. The van der Waals surface area contributed by atoms with E-state index < -0.39 is 6.10 Å². The molecule has 1 amide bonds. The van der Waals surface area contributed by atoms with Crippen molar-refractivity contribution in [3.8, 4) is 0 Å². The Bertz CT molecular complexity index is 748. The van der Waals surface area contributed by atoms with Crippen LogP contribution < -0.4 is 10.2 Å². The fourth-order valence-corrected chi connectivity index (χ4v) is 3.57. The number of para-hydroxylation sites is 1. The molecule has 1 N–H and O–H groups in total. The number of ether oxygens (including phenoxy) is 1. The van der Waals surface area contributed by atoms with Crippen LogP contribution in [-0.2, 0) is 14.3 Å². The van der Waals surface area contributed by atoms with E-state index in [1.54, 1.807) is 13.1 Å². The van der Waals surface area contributed by atoms with E-state index in [9.17, 15) is 9.59 Å². The monoisotopic (exact) mass is 359 g/mol. The van der Waals surface area contributed by atoms with Crippen LogP contribution >= 0.6 is 11.3 Å². The van der Waals surface area contributed by atoms with E-state index in [0.29, 0.717) is 6.42 Å². The Balaban J connectivity index is 1.60. The number of benzene rings is 1. The molecule has 132 valence electrons. The lowest BCUT2D eigenvalue weighted by atomic mass is 10.2. The van der Waals surface area contributed by atoms with Gasteiger partial charge in [0.25, 0.3) is 5.91 Å². The van der Waals surface area contributed by atoms with Gasteiger partial charge in [-0.25, -0.2) is 9.78 Å². The lowest BCUT2D eigenvalue weighted by molar-refractivity contribution is -0.154. The van der Waals surface area contributed by atoms with Crippen LogP contribution in [0.2, 0.25) is 0 Å². The van der Waals surface area contributed by atoms with Gasteiger partial charge < -0.3 is 15.0 Å². The molecule has 3 rings (SSSR count). The van der Waals surface area contributed by atoms with Crippen molar-refractivity contribution < 1.29 is 14.3 Å². The first kappa shape index (κ1) is 17.4. The van der Waals surface area contributed by atoms with E-state index in [1.807, 2.05) is 41.5 Å². The molecule has 0 aliphatic carbocycles. The molecule has 0 bridgehead atoms. The number of carbonyl (C=O) groups is 2. The number of nitrogens with one attached hydrogen (secondary N) is 1. The molecule has 2 aromatic rings. The van der Waals surface area contributed by atoms with E-state index >= 15 is 0 Å². The smallest absolute Gasteiger partial charge is 0.329 e. The molecule has 1 saturated heterocycles. The maximum Gasteiger partial charge on any atom is 0.329 e. The molecule has 2 heterocycles. The van der Waals surface area contributed by atoms with Crippen LogP contribution in [0.4, 0.5) is 10.8 Å². The summed E-state index contributed by atoms with van der Waals surface area (Å²) >= 11 is 1.50. The summed E-state index contributed by atoms with van der Waals surface area (Å²) in [6.45, 7) is 4.28. The van der Waals surface area contributed by atoms with Crippen molar-refractivity contribution in [2.75, 3.05) is 16.8 Å². The third-order valence-corrected chi connectivity index (χ3v) is 5.06. The number of hydrogen-bond acceptors (Lipinski definition) is 6. The summed E-state index contributed by atoms with van der Waals surface area (Å²) in [6, 6.07) is 7.12. The molecule has 1 fully saturated rings. The van der Waals surface area contributed by atoms with E-state index in [-0.39, 0.29) is 17.9 Å².